The number of rotatable bonds is 5. The van der Waals surface area contributed by atoms with E-state index in [-0.39, 0.29) is 5.91 Å². The van der Waals surface area contributed by atoms with Crippen LogP contribution in [0.25, 0.3) is 10.9 Å². The van der Waals surface area contributed by atoms with E-state index in [1.165, 1.54) is 0 Å². The zero-order valence-corrected chi connectivity index (χ0v) is 17.0. The molecule has 0 bridgehead atoms. The van der Waals surface area contributed by atoms with Crippen LogP contribution in [0.15, 0.2) is 73.2 Å². The number of amides is 1. The van der Waals surface area contributed by atoms with E-state index in [2.05, 4.69) is 20.6 Å². The van der Waals surface area contributed by atoms with Crippen LogP contribution in [0, 0.1) is 0 Å². The Labute approximate surface area is 179 Å². The van der Waals surface area contributed by atoms with Gasteiger partial charge >= 0.3 is 0 Å². The Bertz CT molecular complexity index is 1240. The van der Waals surface area contributed by atoms with Crippen molar-refractivity contribution in [3.63, 3.8) is 0 Å². The summed E-state index contributed by atoms with van der Waals surface area (Å²) >= 11 is 0. The lowest BCUT2D eigenvalue weighted by Gasteiger charge is -2.36. The molecule has 0 saturated carbocycles. The highest BCUT2D eigenvalue weighted by molar-refractivity contribution is 6.05. The van der Waals surface area contributed by atoms with Crippen LogP contribution < -0.4 is 20.1 Å². The number of benzene rings is 2. The number of carbonyl (C=O) groups excluding carboxylic acids is 1. The molecule has 1 unspecified atom stereocenters. The summed E-state index contributed by atoms with van der Waals surface area (Å²) in [7, 11) is 0. The minimum absolute atomic E-state index is 0.207. The molecule has 31 heavy (non-hydrogen) atoms. The number of nitrogens with one attached hydrogen (secondary N) is 3. The summed E-state index contributed by atoms with van der Waals surface area (Å²) in [6, 6.07) is 16.9. The van der Waals surface area contributed by atoms with E-state index in [1.807, 2.05) is 37.4 Å². The number of anilines is 2. The molecule has 3 heterocycles. The molecule has 3 N–H and O–H groups in total. The van der Waals surface area contributed by atoms with Crippen molar-refractivity contribution in [1.29, 1.82) is 0 Å². The molecule has 0 saturated heterocycles. The average Bonchev–Trinajstić information content (AvgIpc) is 3.26. The van der Waals surface area contributed by atoms with Crippen molar-refractivity contribution in [3.8, 4) is 11.5 Å². The van der Waals surface area contributed by atoms with Crippen LogP contribution in [-0.2, 0) is 0 Å². The van der Waals surface area contributed by atoms with Crippen LogP contribution in [0.3, 0.4) is 0 Å². The molecule has 1 amide bonds. The van der Waals surface area contributed by atoms with Crippen molar-refractivity contribution >= 4 is 28.2 Å². The van der Waals surface area contributed by atoms with Crippen molar-refractivity contribution in [2.24, 2.45) is 0 Å². The summed E-state index contributed by atoms with van der Waals surface area (Å²) in [6.45, 7) is 2.90. The third-order valence-corrected chi connectivity index (χ3v) is 5.23. The molecule has 1 aliphatic rings. The number of aromatic nitrogens is 2. The smallest absolute Gasteiger partial charge is 0.255 e. The van der Waals surface area contributed by atoms with Gasteiger partial charge in [0.2, 0.25) is 0 Å². The van der Waals surface area contributed by atoms with Crippen molar-refractivity contribution in [2.75, 3.05) is 23.8 Å². The molecule has 0 fully saturated rings. The van der Waals surface area contributed by atoms with Gasteiger partial charge in [-0.2, -0.15) is 0 Å². The summed E-state index contributed by atoms with van der Waals surface area (Å²) in [5.41, 5.74) is 2.56. The number of aromatic amines is 1. The SMILES string of the molecule is CC1(COc2ccc3[nH]ccc3c2)COc2ccc(C(=O)Nc3cccnc3)cc2N1. The molecule has 1 aliphatic heterocycles. The quantitative estimate of drug-likeness (QED) is 0.449. The molecule has 7 nitrogen and oxygen atoms in total. The summed E-state index contributed by atoms with van der Waals surface area (Å²) < 4.78 is 12.0. The Balaban J connectivity index is 1.29. The van der Waals surface area contributed by atoms with Crippen LogP contribution >= 0.6 is 0 Å². The average molecular weight is 414 g/mol. The third-order valence-electron chi connectivity index (χ3n) is 5.23. The lowest BCUT2D eigenvalue weighted by Crippen LogP contribution is -2.48. The third kappa shape index (κ3) is 4.02. The molecule has 156 valence electrons. The van der Waals surface area contributed by atoms with E-state index in [0.29, 0.717) is 30.2 Å². The van der Waals surface area contributed by atoms with E-state index < -0.39 is 5.54 Å². The van der Waals surface area contributed by atoms with Gasteiger partial charge in [-0.3, -0.25) is 9.78 Å². The number of pyridine rings is 1. The highest BCUT2D eigenvalue weighted by Crippen LogP contribution is 2.34. The largest absolute Gasteiger partial charge is 0.491 e. The zero-order valence-electron chi connectivity index (χ0n) is 17.0. The monoisotopic (exact) mass is 414 g/mol. The number of ether oxygens (including phenoxy) is 2. The minimum atomic E-state index is -0.446. The number of H-pyrrole nitrogens is 1. The summed E-state index contributed by atoms with van der Waals surface area (Å²) in [5.74, 6) is 1.30. The molecule has 0 spiro atoms. The Morgan fingerprint density at radius 1 is 1.23 bits per heavy atom. The Kier molecular flexibility index (Phi) is 4.71. The van der Waals surface area contributed by atoms with E-state index in [1.54, 1.807) is 42.7 Å². The lowest BCUT2D eigenvalue weighted by atomic mass is 10.0. The number of hydrogen-bond acceptors (Lipinski definition) is 5. The number of nitrogens with zero attached hydrogens (tertiary/aromatic N) is 1. The van der Waals surface area contributed by atoms with E-state index in [9.17, 15) is 4.79 Å². The van der Waals surface area contributed by atoms with Gasteiger partial charge in [0, 0.05) is 28.9 Å². The Morgan fingerprint density at radius 3 is 3.03 bits per heavy atom. The molecule has 0 radical (unpaired) electrons. The highest BCUT2D eigenvalue weighted by Gasteiger charge is 2.32. The predicted molar refractivity (Wildman–Crippen MR) is 120 cm³/mol. The molecule has 0 aliphatic carbocycles. The van der Waals surface area contributed by atoms with Gasteiger partial charge in [0.25, 0.3) is 5.91 Å². The van der Waals surface area contributed by atoms with Gasteiger partial charge in [0.15, 0.2) is 0 Å². The van der Waals surface area contributed by atoms with Crippen LogP contribution in [0.4, 0.5) is 11.4 Å². The number of fused-ring (bicyclic) bond motifs is 2. The van der Waals surface area contributed by atoms with Gasteiger partial charge in [-0.15, -0.1) is 0 Å². The van der Waals surface area contributed by atoms with Gasteiger partial charge in [-0.1, -0.05) is 0 Å². The zero-order chi connectivity index (χ0) is 21.3. The molecule has 4 aromatic rings. The van der Waals surface area contributed by atoms with E-state index >= 15 is 0 Å². The van der Waals surface area contributed by atoms with Crippen molar-refractivity contribution in [2.45, 2.75) is 12.5 Å². The van der Waals surface area contributed by atoms with Gasteiger partial charge < -0.3 is 25.1 Å². The molecule has 5 rings (SSSR count). The van der Waals surface area contributed by atoms with Crippen molar-refractivity contribution in [1.82, 2.24) is 9.97 Å². The van der Waals surface area contributed by atoms with E-state index in [0.717, 1.165) is 22.3 Å². The predicted octanol–water partition coefficient (Wildman–Crippen LogP) is 4.46. The molecule has 2 aromatic carbocycles. The number of hydrogen-bond donors (Lipinski definition) is 3. The van der Waals surface area contributed by atoms with Crippen LogP contribution in [-0.4, -0.2) is 34.6 Å². The molecular formula is C24H22N4O3. The molecule has 7 heteroatoms. The summed E-state index contributed by atoms with van der Waals surface area (Å²) in [4.78, 5) is 19.8. The second-order valence-electron chi connectivity index (χ2n) is 7.90. The van der Waals surface area contributed by atoms with Gasteiger partial charge in [0.05, 0.1) is 17.6 Å². The molecule has 1 atom stereocenters. The first-order valence-electron chi connectivity index (χ1n) is 10.0. The maximum Gasteiger partial charge on any atom is 0.255 e. The van der Waals surface area contributed by atoms with E-state index in [4.69, 9.17) is 9.47 Å². The standard InChI is InChI=1S/C24H22N4O3/c1-24(14-30-19-5-6-20-16(11-19)8-10-26-20)15-31-22-7-4-17(12-21(22)28-24)23(29)27-18-3-2-9-25-13-18/h2-13,26,28H,14-15H2,1H3,(H,27,29). The second-order valence-corrected chi connectivity index (χ2v) is 7.90. The van der Waals surface area contributed by atoms with Crippen LogP contribution in [0.2, 0.25) is 0 Å². The topological polar surface area (TPSA) is 88.3 Å². The molecule has 2 aromatic heterocycles. The second kappa shape index (κ2) is 7.68. The van der Waals surface area contributed by atoms with Crippen molar-refractivity contribution in [3.05, 3.63) is 78.8 Å². The fraction of sp³-hybridized carbons (Fsp3) is 0.167. The summed E-state index contributed by atoms with van der Waals surface area (Å²) in [5, 5.41) is 7.44. The summed E-state index contributed by atoms with van der Waals surface area (Å²) in [6.07, 6.45) is 5.18. The van der Waals surface area contributed by atoms with Crippen LogP contribution in [0.5, 0.6) is 11.5 Å². The normalized spacial score (nSPS) is 17.3. The minimum Gasteiger partial charge on any atom is -0.491 e. The van der Waals surface area contributed by atoms with Gasteiger partial charge in [-0.05, 0) is 61.5 Å². The molecular weight excluding hydrogens is 392 g/mol. The van der Waals surface area contributed by atoms with Gasteiger partial charge in [-0.25, -0.2) is 0 Å². The fourth-order valence-electron chi connectivity index (χ4n) is 3.57. The Hall–Kier alpha value is -4.00. The first-order chi connectivity index (χ1) is 15.1. The number of carbonyl (C=O) groups is 1. The maximum atomic E-state index is 12.6. The first kappa shape index (κ1) is 19.0. The Morgan fingerprint density at radius 2 is 2.16 bits per heavy atom. The van der Waals surface area contributed by atoms with Crippen molar-refractivity contribution < 1.29 is 14.3 Å². The van der Waals surface area contributed by atoms with Gasteiger partial charge in [0.1, 0.15) is 30.3 Å². The highest BCUT2D eigenvalue weighted by atomic mass is 16.5. The fourth-order valence-corrected chi connectivity index (χ4v) is 3.57. The first-order valence-corrected chi connectivity index (χ1v) is 10.0. The van der Waals surface area contributed by atoms with Crippen LogP contribution in [0.1, 0.15) is 17.3 Å². The lowest BCUT2D eigenvalue weighted by molar-refractivity contribution is 0.102. The maximum absolute atomic E-state index is 12.6.